The van der Waals surface area contributed by atoms with E-state index in [0.717, 1.165) is 70.8 Å². The van der Waals surface area contributed by atoms with Gasteiger partial charge in [0.05, 0.1) is 11.4 Å². The SMILES string of the molecule is Cc1c[nH]c(-c2ccc(NC(=O)c3ccc(CN4CCNCC4)c(Br)c3)cc2)c1-c1nccc(-c2cncnc2)n1. The monoisotopic (exact) mass is 608 g/mol. The molecule has 4 heterocycles. The second-order valence-corrected chi connectivity index (χ2v) is 10.8. The van der Waals surface area contributed by atoms with Crippen LogP contribution in [0.1, 0.15) is 21.5 Å². The largest absolute Gasteiger partial charge is 0.360 e. The van der Waals surface area contributed by atoms with Gasteiger partial charge in [-0.2, -0.15) is 0 Å². The first-order valence-corrected chi connectivity index (χ1v) is 14.2. The number of nitrogens with one attached hydrogen (secondary N) is 3. The van der Waals surface area contributed by atoms with Crippen molar-refractivity contribution in [2.45, 2.75) is 13.5 Å². The molecule has 2 aromatic carbocycles. The fourth-order valence-corrected chi connectivity index (χ4v) is 5.46. The van der Waals surface area contributed by atoms with E-state index in [1.54, 1.807) is 18.6 Å². The maximum atomic E-state index is 13.0. The number of rotatable bonds is 7. The fraction of sp³-hybridized carbons (Fsp3) is 0.194. The van der Waals surface area contributed by atoms with Crippen molar-refractivity contribution in [1.29, 1.82) is 0 Å². The Labute approximate surface area is 246 Å². The zero-order valence-electron chi connectivity index (χ0n) is 22.6. The Morgan fingerprint density at radius 3 is 2.56 bits per heavy atom. The highest BCUT2D eigenvalue weighted by Gasteiger charge is 2.17. The van der Waals surface area contributed by atoms with Gasteiger partial charge in [0.25, 0.3) is 5.91 Å². The van der Waals surface area contributed by atoms with Crippen molar-refractivity contribution in [2.75, 3.05) is 31.5 Å². The minimum absolute atomic E-state index is 0.154. The van der Waals surface area contributed by atoms with Gasteiger partial charge in [0.15, 0.2) is 5.82 Å². The summed E-state index contributed by atoms with van der Waals surface area (Å²) in [6, 6.07) is 15.4. The Balaban J connectivity index is 1.17. The van der Waals surface area contributed by atoms with Gasteiger partial charge in [-0.05, 0) is 53.9 Å². The molecule has 1 fully saturated rings. The molecule has 0 saturated carbocycles. The van der Waals surface area contributed by atoms with E-state index >= 15 is 0 Å². The van der Waals surface area contributed by atoms with Gasteiger partial charge in [-0.15, -0.1) is 0 Å². The molecule has 6 rings (SSSR count). The summed E-state index contributed by atoms with van der Waals surface area (Å²) < 4.78 is 0.944. The van der Waals surface area contributed by atoms with Gasteiger partial charge < -0.3 is 15.6 Å². The number of hydrogen-bond acceptors (Lipinski definition) is 7. The molecule has 0 bridgehead atoms. The summed E-state index contributed by atoms with van der Waals surface area (Å²) in [5.74, 6) is 0.460. The number of halogens is 1. The molecular formula is C31H29BrN8O. The van der Waals surface area contributed by atoms with E-state index in [1.165, 1.54) is 11.9 Å². The molecule has 206 valence electrons. The van der Waals surface area contributed by atoms with Crippen LogP contribution in [0.15, 0.2) is 84.1 Å². The molecule has 0 spiro atoms. The molecule has 0 radical (unpaired) electrons. The maximum Gasteiger partial charge on any atom is 0.255 e. The van der Waals surface area contributed by atoms with Crippen molar-refractivity contribution >= 4 is 27.5 Å². The number of aromatic amines is 1. The highest BCUT2D eigenvalue weighted by atomic mass is 79.9. The standard InChI is InChI=1S/C31H29BrN8O/c1-20-15-37-29(28(20)30-36-9-8-27(39-30)24-16-34-19-35-17-24)21-4-6-25(7-5-21)38-31(41)22-2-3-23(26(32)14-22)18-40-12-10-33-11-13-40/h2-9,14-17,19,33,37H,10-13,18H2,1H3,(H,38,41). The summed E-state index contributed by atoms with van der Waals surface area (Å²) in [4.78, 5) is 36.4. The van der Waals surface area contributed by atoms with Crippen molar-refractivity contribution in [2.24, 2.45) is 0 Å². The lowest BCUT2D eigenvalue weighted by Crippen LogP contribution is -2.42. The predicted molar refractivity (Wildman–Crippen MR) is 163 cm³/mol. The van der Waals surface area contributed by atoms with Crippen molar-refractivity contribution in [3.05, 3.63) is 101 Å². The maximum absolute atomic E-state index is 13.0. The van der Waals surface area contributed by atoms with Gasteiger partial charge in [-0.3, -0.25) is 9.69 Å². The lowest BCUT2D eigenvalue weighted by molar-refractivity contribution is 0.102. The number of H-pyrrole nitrogens is 1. The molecule has 1 amide bonds. The van der Waals surface area contributed by atoms with Crippen LogP contribution < -0.4 is 10.6 Å². The van der Waals surface area contributed by atoms with Crippen LogP contribution in [0, 0.1) is 6.92 Å². The van der Waals surface area contributed by atoms with Crippen LogP contribution in [0.4, 0.5) is 5.69 Å². The number of amides is 1. The first-order chi connectivity index (χ1) is 20.0. The molecule has 0 aliphatic carbocycles. The minimum atomic E-state index is -0.154. The number of carbonyl (C=O) groups excluding carboxylic acids is 1. The Kier molecular flexibility index (Phi) is 7.95. The van der Waals surface area contributed by atoms with Crippen molar-refractivity contribution < 1.29 is 4.79 Å². The number of aromatic nitrogens is 5. The summed E-state index contributed by atoms with van der Waals surface area (Å²) in [6.07, 6.45) is 8.66. The third kappa shape index (κ3) is 6.09. The van der Waals surface area contributed by atoms with Crippen LogP contribution in [0.5, 0.6) is 0 Å². The second-order valence-electron chi connectivity index (χ2n) is 9.98. The zero-order valence-corrected chi connectivity index (χ0v) is 24.1. The van der Waals surface area contributed by atoms with E-state index in [-0.39, 0.29) is 5.91 Å². The van der Waals surface area contributed by atoms with E-state index in [4.69, 9.17) is 4.98 Å². The number of piperazine rings is 1. The Morgan fingerprint density at radius 2 is 1.80 bits per heavy atom. The molecule has 10 heteroatoms. The van der Waals surface area contributed by atoms with Gasteiger partial charge in [0.2, 0.25) is 0 Å². The highest BCUT2D eigenvalue weighted by molar-refractivity contribution is 9.10. The van der Waals surface area contributed by atoms with Gasteiger partial charge in [-0.25, -0.2) is 19.9 Å². The van der Waals surface area contributed by atoms with Gasteiger partial charge in [-0.1, -0.05) is 34.1 Å². The lowest BCUT2D eigenvalue weighted by Gasteiger charge is -2.27. The van der Waals surface area contributed by atoms with Crippen molar-refractivity contribution in [3.8, 4) is 33.9 Å². The van der Waals surface area contributed by atoms with Crippen LogP contribution in [-0.4, -0.2) is 61.9 Å². The average Bonchev–Trinajstić information content (AvgIpc) is 3.40. The van der Waals surface area contributed by atoms with Gasteiger partial charge >= 0.3 is 0 Å². The summed E-state index contributed by atoms with van der Waals surface area (Å²) in [5.41, 5.74) is 7.90. The van der Waals surface area contributed by atoms with Crippen LogP contribution in [0.25, 0.3) is 33.9 Å². The molecular weight excluding hydrogens is 580 g/mol. The van der Waals surface area contributed by atoms with Crippen molar-refractivity contribution in [1.82, 2.24) is 35.1 Å². The zero-order chi connectivity index (χ0) is 28.2. The minimum Gasteiger partial charge on any atom is -0.360 e. The van der Waals surface area contributed by atoms with Crippen LogP contribution >= 0.6 is 15.9 Å². The smallest absolute Gasteiger partial charge is 0.255 e. The molecule has 1 saturated heterocycles. The second kappa shape index (κ2) is 12.1. The van der Waals surface area contributed by atoms with E-state index < -0.39 is 0 Å². The summed E-state index contributed by atoms with van der Waals surface area (Å²) in [6.45, 7) is 6.95. The molecule has 41 heavy (non-hydrogen) atoms. The van der Waals surface area contributed by atoms with E-state index in [2.05, 4.69) is 51.4 Å². The number of nitrogens with zero attached hydrogens (tertiary/aromatic N) is 5. The number of benzene rings is 2. The van der Waals surface area contributed by atoms with Crippen LogP contribution in [-0.2, 0) is 6.54 Å². The number of carbonyl (C=O) groups is 1. The summed E-state index contributed by atoms with van der Waals surface area (Å²) in [5, 5.41) is 6.39. The first-order valence-electron chi connectivity index (χ1n) is 13.5. The van der Waals surface area contributed by atoms with E-state index in [0.29, 0.717) is 17.1 Å². The predicted octanol–water partition coefficient (Wildman–Crippen LogP) is 5.32. The van der Waals surface area contributed by atoms with E-state index in [1.807, 2.05) is 61.7 Å². The molecule has 0 atom stereocenters. The van der Waals surface area contributed by atoms with Crippen LogP contribution in [0.2, 0.25) is 0 Å². The fourth-order valence-electron chi connectivity index (χ4n) is 4.96. The summed E-state index contributed by atoms with van der Waals surface area (Å²) >= 11 is 3.67. The molecule has 1 aliphatic rings. The third-order valence-corrected chi connectivity index (χ3v) is 7.90. The van der Waals surface area contributed by atoms with Gasteiger partial charge in [0.1, 0.15) is 6.33 Å². The highest BCUT2D eigenvalue weighted by Crippen LogP contribution is 2.33. The van der Waals surface area contributed by atoms with E-state index in [9.17, 15) is 4.79 Å². The third-order valence-electron chi connectivity index (χ3n) is 7.16. The molecule has 3 N–H and O–H groups in total. The Hall–Kier alpha value is -4.25. The Morgan fingerprint density at radius 1 is 1.02 bits per heavy atom. The first kappa shape index (κ1) is 26.9. The number of aryl methyl sites for hydroxylation is 1. The van der Waals surface area contributed by atoms with Crippen LogP contribution in [0.3, 0.4) is 0 Å². The topological polar surface area (TPSA) is 112 Å². The normalized spacial score (nSPS) is 13.7. The lowest BCUT2D eigenvalue weighted by atomic mass is 10.0. The summed E-state index contributed by atoms with van der Waals surface area (Å²) in [7, 11) is 0. The quantitative estimate of drug-likeness (QED) is 0.229. The molecule has 0 unspecified atom stereocenters. The van der Waals surface area contributed by atoms with Crippen molar-refractivity contribution in [3.63, 3.8) is 0 Å². The number of anilines is 1. The molecule has 3 aromatic heterocycles. The van der Waals surface area contributed by atoms with Gasteiger partial charge in [0, 0.05) is 84.4 Å². The Bertz CT molecular complexity index is 1660. The average molecular weight is 610 g/mol. The molecule has 5 aromatic rings. The molecule has 9 nitrogen and oxygen atoms in total. The molecule has 1 aliphatic heterocycles. The number of hydrogen-bond donors (Lipinski definition) is 3.